The van der Waals surface area contributed by atoms with E-state index in [0.29, 0.717) is 5.69 Å². The summed E-state index contributed by atoms with van der Waals surface area (Å²) in [6, 6.07) is 0. The molecule has 1 aliphatic rings. The third-order valence-corrected chi connectivity index (χ3v) is 3.63. The number of piperidine rings is 1. The summed E-state index contributed by atoms with van der Waals surface area (Å²) < 4.78 is 1.52. The number of nitrogens with zero attached hydrogens (tertiary/aromatic N) is 3. The molecular formula is C12H19N5O3. The molecule has 20 heavy (non-hydrogen) atoms. The Balaban J connectivity index is 2.31. The van der Waals surface area contributed by atoms with Crippen LogP contribution in [0.25, 0.3) is 0 Å². The van der Waals surface area contributed by atoms with Gasteiger partial charge in [-0.15, -0.1) is 5.10 Å². The van der Waals surface area contributed by atoms with Gasteiger partial charge in [-0.1, -0.05) is 12.1 Å². The van der Waals surface area contributed by atoms with Crippen LogP contribution in [-0.2, 0) is 11.3 Å². The SMILES string of the molecule is CC(Cn1nnc(C(=O)O)c1C1CCNCC1)C(N)=O. The van der Waals surface area contributed by atoms with Crippen LogP contribution in [0.15, 0.2) is 0 Å². The number of aromatic nitrogens is 3. The van der Waals surface area contributed by atoms with E-state index >= 15 is 0 Å². The Morgan fingerprint density at radius 1 is 1.50 bits per heavy atom. The molecule has 1 aromatic heterocycles. The molecule has 1 atom stereocenters. The number of aromatic carboxylic acids is 1. The van der Waals surface area contributed by atoms with Crippen molar-refractivity contribution in [1.29, 1.82) is 0 Å². The molecule has 4 N–H and O–H groups in total. The second-order valence-electron chi connectivity index (χ2n) is 5.14. The Morgan fingerprint density at radius 2 is 2.15 bits per heavy atom. The summed E-state index contributed by atoms with van der Waals surface area (Å²) in [4.78, 5) is 22.4. The smallest absolute Gasteiger partial charge is 0.358 e. The zero-order valence-corrected chi connectivity index (χ0v) is 11.4. The van der Waals surface area contributed by atoms with Crippen molar-refractivity contribution in [2.45, 2.75) is 32.2 Å². The van der Waals surface area contributed by atoms with Gasteiger partial charge in [-0.25, -0.2) is 9.48 Å². The summed E-state index contributed by atoms with van der Waals surface area (Å²) >= 11 is 0. The number of hydrogen-bond donors (Lipinski definition) is 3. The fourth-order valence-electron chi connectivity index (χ4n) is 2.46. The molecule has 8 heteroatoms. The minimum absolute atomic E-state index is 0.0198. The van der Waals surface area contributed by atoms with Gasteiger partial charge in [-0.3, -0.25) is 4.79 Å². The van der Waals surface area contributed by atoms with E-state index in [0.717, 1.165) is 25.9 Å². The van der Waals surface area contributed by atoms with Gasteiger partial charge in [0.2, 0.25) is 5.91 Å². The van der Waals surface area contributed by atoms with E-state index in [-0.39, 0.29) is 18.2 Å². The van der Waals surface area contributed by atoms with Gasteiger partial charge in [-0.05, 0) is 25.9 Å². The van der Waals surface area contributed by atoms with Gasteiger partial charge in [0.1, 0.15) is 0 Å². The lowest BCUT2D eigenvalue weighted by Crippen LogP contribution is -2.30. The highest BCUT2D eigenvalue weighted by atomic mass is 16.4. The first-order valence-electron chi connectivity index (χ1n) is 6.67. The largest absolute Gasteiger partial charge is 0.476 e. The summed E-state index contributed by atoms with van der Waals surface area (Å²) in [5, 5.41) is 20.1. The minimum atomic E-state index is -1.09. The molecule has 0 aromatic carbocycles. The third-order valence-electron chi connectivity index (χ3n) is 3.63. The van der Waals surface area contributed by atoms with Gasteiger partial charge < -0.3 is 16.2 Å². The van der Waals surface area contributed by atoms with E-state index < -0.39 is 17.8 Å². The second-order valence-corrected chi connectivity index (χ2v) is 5.14. The van der Waals surface area contributed by atoms with Crippen molar-refractivity contribution in [3.8, 4) is 0 Å². The molecule has 0 aliphatic carbocycles. The number of rotatable bonds is 5. The first kappa shape index (κ1) is 14.4. The summed E-state index contributed by atoms with van der Waals surface area (Å²) in [6.45, 7) is 3.62. The van der Waals surface area contributed by atoms with E-state index in [9.17, 15) is 14.7 Å². The van der Waals surface area contributed by atoms with Crippen molar-refractivity contribution in [1.82, 2.24) is 20.3 Å². The average molecular weight is 281 g/mol. The molecule has 0 bridgehead atoms. The lowest BCUT2D eigenvalue weighted by atomic mass is 9.93. The zero-order chi connectivity index (χ0) is 14.7. The molecule has 1 aliphatic heterocycles. The molecular weight excluding hydrogens is 262 g/mol. The van der Waals surface area contributed by atoms with Crippen molar-refractivity contribution in [2.75, 3.05) is 13.1 Å². The monoisotopic (exact) mass is 281 g/mol. The van der Waals surface area contributed by atoms with Gasteiger partial charge in [0.15, 0.2) is 5.69 Å². The van der Waals surface area contributed by atoms with Crippen LogP contribution >= 0.6 is 0 Å². The maximum atomic E-state index is 11.3. The summed E-state index contributed by atoms with van der Waals surface area (Å²) in [5.41, 5.74) is 5.84. The first-order valence-corrected chi connectivity index (χ1v) is 6.67. The predicted octanol–water partition coefficient (Wildman–Crippen LogP) is -0.435. The topological polar surface area (TPSA) is 123 Å². The molecule has 8 nitrogen and oxygen atoms in total. The lowest BCUT2D eigenvalue weighted by molar-refractivity contribution is -0.121. The standard InChI is InChI=1S/C12H19N5O3/c1-7(11(13)18)6-17-10(8-2-4-14-5-3-8)9(12(19)20)15-16-17/h7-8,14H,2-6H2,1H3,(H2,13,18)(H,19,20). The van der Waals surface area contributed by atoms with Crippen molar-refractivity contribution in [3.63, 3.8) is 0 Å². The minimum Gasteiger partial charge on any atom is -0.476 e. The molecule has 1 saturated heterocycles. The fraction of sp³-hybridized carbons (Fsp3) is 0.667. The van der Waals surface area contributed by atoms with E-state index in [2.05, 4.69) is 15.6 Å². The van der Waals surface area contributed by atoms with Crippen LogP contribution in [0.1, 0.15) is 41.9 Å². The Bertz CT molecular complexity index is 507. The molecule has 0 spiro atoms. The Hall–Kier alpha value is -1.96. The number of carboxylic acid groups (broad SMARTS) is 1. The summed E-state index contributed by atoms with van der Waals surface area (Å²) in [6.07, 6.45) is 1.66. The van der Waals surface area contributed by atoms with Crippen molar-refractivity contribution < 1.29 is 14.7 Å². The molecule has 1 unspecified atom stereocenters. The molecule has 0 saturated carbocycles. The maximum absolute atomic E-state index is 11.3. The van der Waals surface area contributed by atoms with Crippen LogP contribution in [0.5, 0.6) is 0 Å². The molecule has 2 rings (SSSR count). The number of carbonyl (C=O) groups excluding carboxylic acids is 1. The number of amides is 1. The van der Waals surface area contributed by atoms with Crippen LogP contribution in [0.3, 0.4) is 0 Å². The van der Waals surface area contributed by atoms with Gasteiger partial charge in [0, 0.05) is 5.92 Å². The van der Waals surface area contributed by atoms with E-state index in [1.165, 1.54) is 4.68 Å². The predicted molar refractivity (Wildman–Crippen MR) is 70.2 cm³/mol. The maximum Gasteiger partial charge on any atom is 0.358 e. The highest BCUT2D eigenvalue weighted by molar-refractivity contribution is 5.86. The molecule has 1 amide bonds. The summed E-state index contributed by atoms with van der Waals surface area (Å²) in [7, 11) is 0. The van der Waals surface area contributed by atoms with Crippen LogP contribution in [0.2, 0.25) is 0 Å². The molecule has 1 fully saturated rings. The Kier molecular flexibility index (Phi) is 4.33. The van der Waals surface area contributed by atoms with Gasteiger partial charge in [0.05, 0.1) is 18.2 Å². The van der Waals surface area contributed by atoms with Crippen molar-refractivity contribution >= 4 is 11.9 Å². The fourth-order valence-corrected chi connectivity index (χ4v) is 2.46. The van der Waals surface area contributed by atoms with Gasteiger partial charge in [-0.2, -0.15) is 0 Å². The molecule has 2 heterocycles. The van der Waals surface area contributed by atoms with Gasteiger partial charge >= 0.3 is 5.97 Å². The normalized spacial score (nSPS) is 17.9. The number of nitrogens with two attached hydrogens (primary N) is 1. The number of nitrogens with one attached hydrogen (secondary N) is 1. The van der Waals surface area contributed by atoms with E-state index in [4.69, 9.17) is 5.73 Å². The molecule has 110 valence electrons. The Morgan fingerprint density at radius 3 is 2.70 bits per heavy atom. The summed E-state index contributed by atoms with van der Waals surface area (Å²) in [5.74, 6) is -1.85. The Labute approximate surface area is 116 Å². The van der Waals surface area contributed by atoms with Crippen LogP contribution in [0, 0.1) is 5.92 Å². The first-order chi connectivity index (χ1) is 9.50. The van der Waals surface area contributed by atoms with Crippen LogP contribution in [0.4, 0.5) is 0 Å². The van der Waals surface area contributed by atoms with Gasteiger partial charge in [0.25, 0.3) is 0 Å². The van der Waals surface area contributed by atoms with E-state index in [1.807, 2.05) is 0 Å². The lowest BCUT2D eigenvalue weighted by Gasteiger charge is -2.24. The van der Waals surface area contributed by atoms with Crippen LogP contribution < -0.4 is 11.1 Å². The number of primary amides is 1. The zero-order valence-electron chi connectivity index (χ0n) is 11.4. The van der Waals surface area contributed by atoms with Crippen molar-refractivity contribution in [2.24, 2.45) is 11.7 Å². The number of hydrogen-bond acceptors (Lipinski definition) is 5. The second kappa shape index (κ2) is 6.00. The highest BCUT2D eigenvalue weighted by Gasteiger charge is 2.28. The average Bonchev–Trinajstić information content (AvgIpc) is 2.83. The van der Waals surface area contributed by atoms with Crippen molar-refractivity contribution in [3.05, 3.63) is 11.4 Å². The highest BCUT2D eigenvalue weighted by Crippen LogP contribution is 2.27. The van der Waals surface area contributed by atoms with Crippen LogP contribution in [-0.4, -0.2) is 45.1 Å². The quantitative estimate of drug-likeness (QED) is 0.672. The number of carboxylic acids is 1. The molecule has 0 radical (unpaired) electrons. The molecule has 1 aromatic rings. The number of carbonyl (C=O) groups is 2. The third kappa shape index (κ3) is 2.96. The van der Waals surface area contributed by atoms with E-state index in [1.54, 1.807) is 6.92 Å².